The predicted molar refractivity (Wildman–Crippen MR) is 139 cm³/mol. The van der Waals surface area contributed by atoms with Crippen molar-refractivity contribution in [1.82, 2.24) is 5.43 Å². The molecule has 2 aromatic carbocycles. The van der Waals surface area contributed by atoms with Crippen LogP contribution in [-0.2, 0) is 13.9 Å². The molecule has 0 radical (unpaired) electrons. The van der Waals surface area contributed by atoms with Crippen molar-refractivity contribution < 1.29 is 18.7 Å². The largest absolute Gasteiger partial charge is 0.443 e. The summed E-state index contributed by atoms with van der Waals surface area (Å²) < 4.78 is 18.3. The van der Waals surface area contributed by atoms with Crippen LogP contribution in [0.2, 0.25) is 5.04 Å². The SMILES string of the molecule is CC(C)(C)OC(=O)N/N=C1\CCC(CO[Si](c2ccccc2)(c2ccccc2)C(C)(C)C)OC1. The molecule has 34 heavy (non-hydrogen) atoms. The normalized spacial score (nSPS) is 18.5. The molecule has 0 aromatic heterocycles. The molecule has 1 N–H and O–H groups in total. The van der Waals surface area contributed by atoms with Crippen molar-refractivity contribution in [2.24, 2.45) is 5.10 Å². The zero-order chi connectivity index (χ0) is 24.8. The van der Waals surface area contributed by atoms with Gasteiger partial charge in [0.15, 0.2) is 0 Å². The Morgan fingerprint density at radius 3 is 2.00 bits per heavy atom. The van der Waals surface area contributed by atoms with Crippen molar-refractivity contribution in [2.75, 3.05) is 13.2 Å². The quantitative estimate of drug-likeness (QED) is 0.482. The first-order valence-corrected chi connectivity index (χ1v) is 13.8. The fourth-order valence-corrected chi connectivity index (χ4v) is 8.91. The molecular weight excluding hydrogens is 444 g/mol. The molecule has 0 spiro atoms. The van der Waals surface area contributed by atoms with E-state index in [-0.39, 0.29) is 11.1 Å². The molecule has 1 fully saturated rings. The maximum atomic E-state index is 11.8. The van der Waals surface area contributed by atoms with Crippen molar-refractivity contribution in [3.8, 4) is 0 Å². The molecule has 184 valence electrons. The number of amides is 1. The minimum absolute atomic E-state index is 0.0258. The van der Waals surface area contributed by atoms with Crippen LogP contribution in [0, 0.1) is 0 Å². The fraction of sp³-hybridized carbons (Fsp3) is 0.481. The highest BCUT2D eigenvalue weighted by atomic mass is 28.4. The Morgan fingerprint density at radius 2 is 1.56 bits per heavy atom. The van der Waals surface area contributed by atoms with E-state index in [1.807, 2.05) is 32.9 Å². The highest BCUT2D eigenvalue weighted by Gasteiger charge is 2.50. The molecule has 1 amide bonds. The van der Waals surface area contributed by atoms with Gasteiger partial charge in [0.25, 0.3) is 8.32 Å². The first-order valence-electron chi connectivity index (χ1n) is 11.9. The van der Waals surface area contributed by atoms with Crippen molar-refractivity contribution in [1.29, 1.82) is 0 Å². The van der Waals surface area contributed by atoms with E-state index in [0.29, 0.717) is 13.2 Å². The number of ether oxygens (including phenoxy) is 2. The van der Waals surface area contributed by atoms with E-state index in [0.717, 1.165) is 18.6 Å². The van der Waals surface area contributed by atoms with Gasteiger partial charge in [0.05, 0.1) is 25.0 Å². The molecule has 1 atom stereocenters. The van der Waals surface area contributed by atoms with Crippen molar-refractivity contribution >= 4 is 30.5 Å². The summed E-state index contributed by atoms with van der Waals surface area (Å²) >= 11 is 0. The molecule has 0 aliphatic carbocycles. The third-order valence-electron chi connectivity index (χ3n) is 5.85. The van der Waals surface area contributed by atoms with E-state index in [1.165, 1.54) is 10.4 Å². The Hall–Kier alpha value is -2.48. The van der Waals surface area contributed by atoms with E-state index >= 15 is 0 Å². The van der Waals surface area contributed by atoms with Gasteiger partial charge in [0.1, 0.15) is 5.60 Å². The van der Waals surface area contributed by atoms with Crippen LogP contribution in [-0.4, -0.2) is 45.0 Å². The van der Waals surface area contributed by atoms with Gasteiger partial charge in [-0.05, 0) is 49.0 Å². The number of hydrogen-bond donors (Lipinski definition) is 1. The summed E-state index contributed by atoms with van der Waals surface area (Å²) in [6.07, 6.45) is 0.941. The lowest BCUT2D eigenvalue weighted by Crippen LogP contribution is -2.67. The first kappa shape index (κ1) is 26.1. The Balaban J connectivity index is 1.71. The number of carbonyl (C=O) groups excluding carboxylic acids is 1. The van der Waals surface area contributed by atoms with Gasteiger partial charge >= 0.3 is 6.09 Å². The first-order chi connectivity index (χ1) is 16.0. The lowest BCUT2D eigenvalue weighted by atomic mass is 10.1. The highest BCUT2D eigenvalue weighted by molar-refractivity contribution is 6.99. The van der Waals surface area contributed by atoms with Gasteiger partial charge in [-0.1, -0.05) is 81.4 Å². The molecule has 2 aromatic rings. The molecular formula is C27H38N2O4Si. The minimum Gasteiger partial charge on any atom is -0.443 e. The van der Waals surface area contributed by atoms with Crippen LogP contribution in [0.3, 0.4) is 0 Å². The standard InChI is InChI=1S/C27H38N2O4Si/c1-26(2,3)33-25(30)29-28-21-17-18-22(31-19-21)20-32-34(27(4,5)6,23-13-9-7-10-14-23)24-15-11-8-12-16-24/h7-16,22H,17-20H2,1-6H3,(H,29,30)/b28-21+. The second-order valence-electron chi connectivity index (χ2n) is 10.7. The van der Waals surface area contributed by atoms with Gasteiger partial charge in [-0.2, -0.15) is 5.10 Å². The average molecular weight is 483 g/mol. The van der Waals surface area contributed by atoms with Crippen LogP contribution in [0.4, 0.5) is 4.79 Å². The highest BCUT2D eigenvalue weighted by Crippen LogP contribution is 2.37. The Bertz CT molecular complexity index is 916. The van der Waals surface area contributed by atoms with Gasteiger partial charge < -0.3 is 13.9 Å². The molecule has 1 saturated heterocycles. The smallest absolute Gasteiger partial charge is 0.428 e. The second kappa shape index (κ2) is 10.8. The number of hydrogen-bond acceptors (Lipinski definition) is 5. The molecule has 6 nitrogen and oxygen atoms in total. The molecule has 1 heterocycles. The summed E-state index contributed by atoms with van der Waals surface area (Å²) in [7, 11) is -2.59. The summed E-state index contributed by atoms with van der Waals surface area (Å²) in [6, 6.07) is 21.2. The number of nitrogens with one attached hydrogen (secondary N) is 1. The minimum atomic E-state index is -2.59. The lowest BCUT2D eigenvalue weighted by molar-refractivity contribution is 0.0231. The number of nitrogens with zero attached hydrogens (tertiary/aromatic N) is 1. The van der Waals surface area contributed by atoms with Crippen LogP contribution in [0.25, 0.3) is 0 Å². The van der Waals surface area contributed by atoms with Gasteiger partial charge in [-0.25, -0.2) is 10.2 Å². The summed E-state index contributed by atoms with van der Waals surface area (Å²) in [4.78, 5) is 11.8. The van der Waals surface area contributed by atoms with Gasteiger partial charge in [-0.3, -0.25) is 0 Å². The van der Waals surface area contributed by atoms with Gasteiger partial charge in [0, 0.05) is 0 Å². The third kappa shape index (κ3) is 6.55. The summed E-state index contributed by atoms with van der Waals surface area (Å²) in [5, 5.41) is 6.62. The number of hydrazone groups is 1. The Labute approximate surface area is 204 Å². The van der Waals surface area contributed by atoms with E-state index in [1.54, 1.807) is 0 Å². The summed E-state index contributed by atoms with van der Waals surface area (Å²) in [5.74, 6) is 0. The fourth-order valence-electron chi connectivity index (χ4n) is 4.32. The van der Waals surface area contributed by atoms with Crippen molar-refractivity contribution in [2.45, 2.75) is 71.1 Å². The topological polar surface area (TPSA) is 69.2 Å². The van der Waals surface area contributed by atoms with E-state index in [4.69, 9.17) is 13.9 Å². The van der Waals surface area contributed by atoms with Gasteiger partial charge in [0.2, 0.25) is 0 Å². The molecule has 0 bridgehead atoms. The zero-order valence-electron chi connectivity index (χ0n) is 21.3. The third-order valence-corrected chi connectivity index (χ3v) is 10.9. The van der Waals surface area contributed by atoms with Crippen LogP contribution in [0.5, 0.6) is 0 Å². The molecule has 0 saturated carbocycles. The summed E-state index contributed by atoms with van der Waals surface area (Å²) in [6.45, 7) is 13.2. The maximum Gasteiger partial charge on any atom is 0.428 e. The Kier molecular flexibility index (Phi) is 8.33. The Morgan fingerprint density at radius 1 is 1.00 bits per heavy atom. The summed E-state index contributed by atoms with van der Waals surface area (Å²) in [5.41, 5.74) is 2.71. The molecule has 1 unspecified atom stereocenters. The molecule has 3 rings (SSSR count). The monoisotopic (exact) mass is 482 g/mol. The van der Waals surface area contributed by atoms with E-state index < -0.39 is 20.0 Å². The predicted octanol–water partition coefficient (Wildman–Crippen LogP) is 4.62. The maximum absolute atomic E-state index is 11.8. The number of carbonyl (C=O) groups is 1. The van der Waals surface area contributed by atoms with Crippen LogP contribution in [0.1, 0.15) is 54.4 Å². The van der Waals surface area contributed by atoms with Crippen molar-refractivity contribution in [3.63, 3.8) is 0 Å². The number of rotatable bonds is 6. The van der Waals surface area contributed by atoms with E-state index in [2.05, 4.69) is 79.8 Å². The average Bonchev–Trinajstić information content (AvgIpc) is 2.78. The number of benzene rings is 2. The van der Waals surface area contributed by atoms with Gasteiger partial charge in [-0.15, -0.1) is 0 Å². The lowest BCUT2D eigenvalue weighted by Gasteiger charge is -2.44. The van der Waals surface area contributed by atoms with Crippen LogP contribution >= 0.6 is 0 Å². The van der Waals surface area contributed by atoms with Crippen LogP contribution < -0.4 is 15.8 Å². The van der Waals surface area contributed by atoms with Crippen molar-refractivity contribution in [3.05, 3.63) is 60.7 Å². The van der Waals surface area contributed by atoms with E-state index in [9.17, 15) is 4.79 Å². The molecule has 7 heteroatoms. The van der Waals surface area contributed by atoms with Crippen LogP contribution in [0.15, 0.2) is 65.8 Å². The molecule has 1 aliphatic heterocycles. The second-order valence-corrected chi connectivity index (χ2v) is 15.0. The zero-order valence-corrected chi connectivity index (χ0v) is 22.3. The molecule has 1 aliphatic rings.